The van der Waals surface area contributed by atoms with Crippen LogP contribution in [-0.4, -0.2) is 14.6 Å². The van der Waals surface area contributed by atoms with Crippen molar-refractivity contribution < 1.29 is 8.81 Å². The number of benzene rings is 1. The van der Waals surface area contributed by atoms with Crippen LogP contribution in [0.2, 0.25) is 5.02 Å². The highest BCUT2D eigenvalue weighted by Crippen LogP contribution is 2.20. The van der Waals surface area contributed by atoms with Gasteiger partial charge >= 0.3 is 0 Å². The number of furan rings is 1. The minimum Gasteiger partial charge on any atom is -0.461 e. The van der Waals surface area contributed by atoms with Gasteiger partial charge in [-0.25, -0.2) is 4.39 Å². The van der Waals surface area contributed by atoms with Gasteiger partial charge in [0.2, 0.25) is 10.8 Å². The summed E-state index contributed by atoms with van der Waals surface area (Å²) in [6.07, 6.45) is 2.91. The van der Waals surface area contributed by atoms with E-state index in [4.69, 9.17) is 16.0 Å². The van der Waals surface area contributed by atoms with Crippen LogP contribution < -0.4 is 10.1 Å². The Morgan fingerprint density at radius 1 is 1.30 bits per heavy atom. The molecular weight excluding hydrogens is 341 g/mol. The summed E-state index contributed by atoms with van der Waals surface area (Å²) in [5.74, 6) is 0.309. The highest BCUT2D eigenvalue weighted by molar-refractivity contribution is 7.15. The second kappa shape index (κ2) is 5.29. The van der Waals surface area contributed by atoms with Crippen LogP contribution in [0.3, 0.4) is 0 Å². The van der Waals surface area contributed by atoms with E-state index in [9.17, 15) is 9.18 Å². The molecule has 4 rings (SSSR count). The summed E-state index contributed by atoms with van der Waals surface area (Å²) in [5.41, 5.74) is -0.211. The monoisotopic (exact) mass is 347 g/mol. The van der Waals surface area contributed by atoms with Crippen molar-refractivity contribution in [2.45, 2.75) is 0 Å². The maximum atomic E-state index is 13.8. The molecule has 3 heterocycles. The number of hydrogen-bond donors (Lipinski definition) is 0. The number of rotatable bonds is 2. The highest BCUT2D eigenvalue weighted by Gasteiger charge is 2.14. The van der Waals surface area contributed by atoms with E-state index in [2.05, 4.69) is 10.1 Å². The van der Waals surface area contributed by atoms with Gasteiger partial charge in [-0.1, -0.05) is 29.0 Å². The molecule has 8 heteroatoms. The average Bonchev–Trinajstić information content (AvgIpc) is 3.22. The van der Waals surface area contributed by atoms with E-state index in [1.54, 1.807) is 18.2 Å². The summed E-state index contributed by atoms with van der Waals surface area (Å²) in [6, 6.07) is 7.77. The normalized spacial score (nSPS) is 12.3. The first-order chi connectivity index (χ1) is 11.1. The van der Waals surface area contributed by atoms with Crippen LogP contribution in [0.4, 0.5) is 4.39 Å². The summed E-state index contributed by atoms with van der Waals surface area (Å²) in [5, 5.41) is 4.36. The topological polar surface area (TPSA) is 60.4 Å². The fourth-order valence-corrected chi connectivity index (χ4v) is 3.23. The van der Waals surface area contributed by atoms with Crippen LogP contribution in [0.25, 0.3) is 22.6 Å². The molecule has 0 saturated carbocycles. The van der Waals surface area contributed by atoms with Crippen LogP contribution in [0.5, 0.6) is 0 Å². The lowest BCUT2D eigenvalue weighted by Gasteiger charge is -1.97. The Morgan fingerprint density at radius 3 is 2.87 bits per heavy atom. The zero-order chi connectivity index (χ0) is 16.0. The molecule has 0 aliphatic carbocycles. The predicted molar refractivity (Wildman–Crippen MR) is 85.0 cm³/mol. The van der Waals surface area contributed by atoms with E-state index in [0.717, 1.165) is 11.3 Å². The molecule has 0 N–H and O–H groups in total. The molecule has 0 saturated heterocycles. The van der Waals surface area contributed by atoms with Crippen LogP contribution in [0.15, 0.2) is 45.8 Å². The van der Waals surface area contributed by atoms with E-state index in [-0.39, 0.29) is 16.1 Å². The largest absolute Gasteiger partial charge is 0.461 e. The summed E-state index contributed by atoms with van der Waals surface area (Å²) in [4.78, 5) is 17.0. The minimum absolute atomic E-state index is 0.169. The van der Waals surface area contributed by atoms with Crippen molar-refractivity contribution in [3.05, 3.63) is 67.9 Å². The number of halogens is 2. The third-order valence-electron chi connectivity index (χ3n) is 3.20. The fraction of sp³-hybridized carbons (Fsp3) is 0. The van der Waals surface area contributed by atoms with Crippen molar-refractivity contribution >= 4 is 34.0 Å². The Bertz CT molecular complexity index is 1100. The Morgan fingerprint density at radius 2 is 2.17 bits per heavy atom. The highest BCUT2D eigenvalue weighted by atomic mass is 35.5. The van der Waals surface area contributed by atoms with Crippen molar-refractivity contribution in [1.29, 1.82) is 0 Å². The summed E-state index contributed by atoms with van der Waals surface area (Å²) >= 11 is 7.09. The molecule has 0 aliphatic heterocycles. The van der Waals surface area contributed by atoms with Crippen LogP contribution in [0.1, 0.15) is 5.56 Å². The maximum absolute atomic E-state index is 13.8. The van der Waals surface area contributed by atoms with E-state index in [1.807, 2.05) is 0 Å². The Balaban J connectivity index is 1.90. The molecule has 114 valence electrons. The smallest absolute Gasteiger partial charge is 0.291 e. The molecule has 0 radical (unpaired) electrons. The molecule has 0 amide bonds. The van der Waals surface area contributed by atoms with E-state index in [0.29, 0.717) is 21.1 Å². The van der Waals surface area contributed by atoms with Crippen LogP contribution >= 0.6 is 22.9 Å². The van der Waals surface area contributed by atoms with Gasteiger partial charge in [0, 0.05) is 5.56 Å². The van der Waals surface area contributed by atoms with E-state index >= 15 is 0 Å². The number of aromatic nitrogens is 3. The molecular formula is C15H7ClFN3O2S. The second-order valence-electron chi connectivity index (χ2n) is 4.66. The third kappa shape index (κ3) is 2.34. The van der Waals surface area contributed by atoms with Gasteiger partial charge in [-0.2, -0.15) is 9.50 Å². The van der Waals surface area contributed by atoms with Crippen LogP contribution in [-0.2, 0) is 0 Å². The second-order valence-corrected chi connectivity index (χ2v) is 6.07. The molecule has 3 aromatic heterocycles. The van der Waals surface area contributed by atoms with Crippen molar-refractivity contribution in [3.8, 4) is 11.6 Å². The summed E-state index contributed by atoms with van der Waals surface area (Å²) in [7, 11) is 0. The maximum Gasteiger partial charge on any atom is 0.291 e. The van der Waals surface area contributed by atoms with Crippen molar-refractivity contribution in [2.75, 3.05) is 0 Å². The van der Waals surface area contributed by atoms with Gasteiger partial charge in [0.1, 0.15) is 5.82 Å². The lowest BCUT2D eigenvalue weighted by Crippen LogP contribution is -2.23. The molecule has 4 aromatic rings. The fourth-order valence-electron chi connectivity index (χ4n) is 2.12. The standard InChI is InChI=1S/C15H7ClFN3O2S/c16-9-3-1-4-10(17)8(9)7-12-14(21)20-15(23-12)18-13(19-20)11-5-2-6-22-11/h1-7H. The molecule has 0 bridgehead atoms. The SMILES string of the molecule is O=c1c(=Cc2c(F)cccc2Cl)sc2nc(-c3ccco3)nn12. The van der Waals surface area contributed by atoms with Crippen LogP contribution in [0, 0.1) is 5.82 Å². The Labute approximate surface area is 137 Å². The third-order valence-corrected chi connectivity index (χ3v) is 4.49. The Kier molecular flexibility index (Phi) is 3.24. The van der Waals surface area contributed by atoms with Crippen molar-refractivity contribution in [2.24, 2.45) is 0 Å². The summed E-state index contributed by atoms with van der Waals surface area (Å²) < 4.78 is 20.5. The molecule has 1 aromatic carbocycles. The first-order valence-electron chi connectivity index (χ1n) is 6.52. The number of fused-ring (bicyclic) bond motifs is 1. The van der Waals surface area contributed by atoms with E-state index < -0.39 is 5.82 Å². The molecule has 0 fully saturated rings. The molecule has 5 nitrogen and oxygen atoms in total. The van der Waals surface area contributed by atoms with Crippen molar-refractivity contribution in [1.82, 2.24) is 14.6 Å². The zero-order valence-corrected chi connectivity index (χ0v) is 12.9. The van der Waals surface area contributed by atoms with E-state index in [1.165, 1.54) is 29.0 Å². The lowest BCUT2D eigenvalue weighted by molar-refractivity contribution is 0.577. The number of thiazole rings is 1. The average molecular weight is 348 g/mol. The molecule has 0 atom stereocenters. The summed E-state index contributed by atoms with van der Waals surface area (Å²) in [6.45, 7) is 0. The van der Waals surface area contributed by atoms with Gasteiger partial charge in [-0.3, -0.25) is 4.79 Å². The minimum atomic E-state index is -0.493. The van der Waals surface area contributed by atoms with Crippen molar-refractivity contribution in [3.63, 3.8) is 0 Å². The van der Waals surface area contributed by atoms with Gasteiger partial charge in [0.15, 0.2) is 5.76 Å². The molecule has 0 unspecified atom stereocenters. The van der Waals surface area contributed by atoms with Gasteiger partial charge in [0.05, 0.1) is 15.8 Å². The number of nitrogens with zero attached hydrogens (tertiary/aromatic N) is 3. The van der Waals surface area contributed by atoms with Gasteiger partial charge in [-0.05, 0) is 30.3 Å². The van der Waals surface area contributed by atoms with Gasteiger partial charge in [-0.15, -0.1) is 5.10 Å². The lowest BCUT2D eigenvalue weighted by atomic mass is 10.2. The molecule has 0 spiro atoms. The van der Waals surface area contributed by atoms with Gasteiger partial charge < -0.3 is 4.42 Å². The first kappa shape index (κ1) is 14.1. The number of hydrogen-bond acceptors (Lipinski definition) is 5. The predicted octanol–water partition coefficient (Wildman–Crippen LogP) is 2.75. The molecule has 0 aliphatic rings. The quantitative estimate of drug-likeness (QED) is 0.559. The Hall–Kier alpha value is -2.51. The molecule has 23 heavy (non-hydrogen) atoms. The van der Waals surface area contributed by atoms with Gasteiger partial charge in [0.25, 0.3) is 5.56 Å². The zero-order valence-electron chi connectivity index (χ0n) is 11.4. The first-order valence-corrected chi connectivity index (χ1v) is 7.72.